The number of nitrogens with zero attached hydrogens (tertiary/aromatic N) is 5. The van der Waals surface area contributed by atoms with Crippen LogP contribution in [0.4, 0.5) is 5.69 Å². The molecule has 0 radical (unpaired) electrons. The second-order valence-electron chi connectivity index (χ2n) is 5.85. The van der Waals surface area contributed by atoms with Crippen LogP contribution in [-0.4, -0.2) is 26.2 Å². The summed E-state index contributed by atoms with van der Waals surface area (Å²) >= 11 is 0. The Morgan fingerprint density at radius 2 is 2.13 bits per heavy atom. The summed E-state index contributed by atoms with van der Waals surface area (Å²) in [7, 11) is 0. The number of aliphatic imine (C=N–C) groups is 1. The summed E-state index contributed by atoms with van der Waals surface area (Å²) in [6, 6.07) is 6.10. The van der Waals surface area contributed by atoms with Crippen molar-refractivity contribution in [3.8, 4) is 0 Å². The Bertz CT molecular complexity index is 691. The predicted octanol–water partition coefficient (Wildman–Crippen LogP) is 2.24. The summed E-state index contributed by atoms with van der Waals surface area (Å²) < 4.78 is 1.82. The molecule has 1 aromatic carbocycles. The molecule has 0 atom stereocenters. The van der Waals surface area contributed by atoms with Gasteiger partial charge in [0.2, 0.25) is 0 Å². The van der Waals surface area contributed by atoms with Crippen molar-refractivity contribution < 1.29 is 0 Å². The summed E-state index contributed by atoms with van der Waals surface area (Å²) in [5.41, 5.74) is 9.33. The largest absolute Gasteiger partial charge is 0.370 e. The van der Waals surface area contributed by atoms with Gasteiger partial charge in [0.25, 0.3) is 0 Å². The molecule has 1 heterocycles. The lowest BCUT2D eigenvalue weighted by atomic mass is 10.1. The second-order valence-corrected chi connectivity index (χ2v) is 5.85. The van der Waals surface area contributed by atoms with Crippen LogP contribution in [0.25, 0.3) is 0 Å². The Morgan fingerprint density at radius 3 is 2.83 bits per heavy atom. The first-order chi connectivity index (χ1) is 10.6. The number of hydrogen-bond acceptors (Lipinski definition) is 4. The van der Waals surface area contributed by atoms with E-state index in [1.807, 2.05) is 10.7 Å². The van der Waals surface area contributed by atoms with E-state index in [0.29, 0.717) is 12.5 Å². The number of nitrogens with one attached hydrogen (secondary N) is 1. The molecule has 1 saturated carbocycles. The number of rotatable bonds is 5. The molecule has 7 nitrogen and oxygen atoms in total. The van der Waals surface area contributed by atoms with E-state index in [1.54, 1.807) is 0 Å². The predicted molar refractivity (Wildman–Crippen MR) is 101 cm³/mol. The van der Waals surface area contributed by atoms with Crippen molar-refractivity contribution in [2.75, 3.05) is 5.32 Å². The van der Waals surface area contributed by atoms with E-state index in [1.165, 1.54) is 24.0 Å². The van der Waals surface area contributed by atoms with Crippen LogP contribution in [0.2, 0.25) is 0 Å². The van der Waals surface area contributed by atoms with Gasteiger partial charge in [-0.2, -0.15) is 0 Å². The summed E-state index contributed by atoms with van der Waals surface area (Å²) in [6.07, 6.45) is 2.53. The molecule has 8 heteroatoms. The van der Waals surface area contributed by atoms with Crippen molar-refractivity contribution in [3.05, 3.63) is 35.2 Å². The van der Waals surface area contributed by atoms with Crippen molar-refractivity contribution in [2.45, 2.75) is 39.8 Å². The molecule has 1 aliphatic rings. The van der Waals surface area contributed by atoms with E-state index in [9.17, 15) is 0 Å². The molecule has 0 bridgehead atoms. The number of aromatic nitrogens is 4. The molecule has 1 fully saturated rings. The van der Waals surface area contributed by atoms with Gasteiger partial charge >= 0.3 is 0 Å². The minimum absolute atomic E-state index is 0. The van der Waals surface area contributed by atoms with Gasteiger partial charge in [0.15, 0.2) is 11.8 Å². The van der Waals surface area contributed by atoms with E-state index in [-0.39, 0.29) is 24.0 Å². The maximum absolute atomic E-state index is 5.94. The molecule has 1 aromatic heterocycles. The van der Waals surface area contributed by atoms with Gasteiger partial charge in [-0.15, -0.1) is 29.1 Å². The summed E-state index contributed by atoms with van der Waals surface area (Å²) in [6.45, 7) is 5.40. The molecule has 0 unspecified atom stereocenters. The summed E-state index contributed by atoms with van der Waals surface area (Å²) in [5.74, 6) is 1.83. The summed E-state index contributed by atoms with van der Waals surface area (Å²) in [5, 5.41) is 14.8. The van der Waals surface area contributed by atoms with Crippen molar-refractivity contribution >= 4 is 35.6 Å². The zero-order valence-corrected chi connectivity index (χ0v) is 15.7. The molecule has 2 aromatic rings. The van der Waals surface area contributed by atoms with E-state index < -0.39 is 0 Å². The SMILES string of the molecule is Cc1ccc(NC(N)=NCc2nnnn2CC2CC2)cc1C.I. The third-order valence-electron chi connectivity index (χ3n) is 3.90. The van der Waals surface area contributed by atoms with Gasteiger partial charge < -0.3 is 11.1 Å². The number of aryl methyl sites for hydroxylation is 2. The van der Waals surface area contributed by atoms with Gasteiger partial charge in [-0.05, 0) is 66.3 Å². The van der Waals surface area contributed by atoms with Crippen LogP contribution in [-0.2, 0) is 13.1 Å². The van der Waals surface area contributed by atoms with Crippen LogP contribution in [0.15, 0.2) is 23.2 Å². The molecule has 3 N–H and O–H groups in total. The normalized spacial score (nSPS) is 14.4. The Hall–Kier alpha value is -1.71. The highest BCUT2D eigenvalue weighted by Gasteiger charge is 2.23. The fourth-order valence-electron chi connectivity index (χ4n) is 2.19. The first-order valence-corrected chi connectivity index (χ1v) is 7.51. The zero-order chi connectivity index (χ0) is 15.5. The molecule has 1 aliphatic carbocycles. The van der Waals surface area contributed by atoms with Crippen LogP contribution < -0.4 is 11.1 Å². The van der Waals surface area contributed by atoms with E-state index in [4.69, 9.17) is 5.73 Å². The van der Waals surface area contributed by atoms with Gasteiger partial charge in [0.05, 0.1) is 0 Å². The third kappa shape index (κ3) is 4.88. The average Bonchev–Trinajstić information content (AvgIpc) is 3.19. The molecular weight excluding hydrogens is 405 g/mol. The Morgan fingerprint density at radius 1 is 1.35 bits per heavy atom. The lowest BCUT2D eigenvalue weighted by Gasteiger charge is -2.08. The first-order valence-electron chi connectivity index (χ1n) is 7.51. The molecule has 0 spiro atoms. The maximum atomic E-state index is 5.94. The second kappa shape index (κ2) is 7.71. The number of halogens is 1. The van der Waals surface area contributed by atoms with Crippen LogP contribution in [0.5, 0.6) is 0 Å². The van der Waals surface area contributed by atoms with Crippen molar-refractivity contribution in [2.24, 2.45) is 16.6 Å². The van der Waals surface area contributed by atoms with Crippen LogP contribution in [0.1, 0.15) is 29.8 Å². The Balaban J connectivity index is 0.00000192. The van der Waals surface area contributed by atoms with Crippen molar-refractivity contribution in [1.29, 1.82) is 0 Å². The zero-order valence-electron chi connectivity index (χ0n) is 13.4. The molecule has 124 valence electrons. The molecular formula is C15H22IN7. The molecule has 23 heavy (non-hydrogen) atoms. The van der Waals surface area contributed by atoms with Gasteiger partial charge in [0.1, 0.15) is 6.54 Å². The minimum Gasteiger partial charge on any atom is -0.370 e. The monoisotopic (exact) mass is 427 g/mol. The number of nitrogens with two attached hydrogens (primary N) is 1. The number of hydrogen-bond donors (Lipinski definition) is 2. The molecule has 0 aliphatic heterocycles. The van der Waals surface area contributed by atoms with Crippen molar-refractivity contribution in [1.82, 2.24) is 20.2 Å². The van der Waals surface area contributed by atoms with Gasteiger partial charge in [-0.1, -0.05) is 6.07 Å². The molecule has 3 rings (SSSR count). The van der Waals surface area contributed by atoms with Gasteiger partial charge in [-0.25, -0.2) is 9.67 Å². The van der Waals surface area contributed by atoms with E-state index in [2.05, 4.69) is 51.8 Å². The maximum Gasteiger partial charge on any atom is 0.193 e. The fraction of sp³-hybridized carbons (Fsp3) is 0.467. The lowest BCUT2D eigenvalue weighted by molar-refractivity contribution is 0.524. The quantitative estimate of drug-likeness (QED) is 0.434. The standard InChI is InChI=1S/C15H21N7.HI/c1-10-3-6-13(7-11(10)2)18-15(16)17-8-14-19-20-21-22(14)9-12-4-5-12;/h3,6-7,12H,4-5,8-9H2,1-2H3,(H3,16,17,18);1H. The number of guanidine groups is 1. The first kappa shape index (κ1) is 17.6. The number of anilines is 1. The Labute approximate surface area is 152 Å². The molecule has 0 amide bonds. The smallest absolute Gasteiger partial charge is 0.193 e. The summed E-state index contributed by atoms with van der Waals surface area (Å²) in [4.78, 5) is 4.32. The van der Waals surface area contributed by atoms with Crippen LogP contribution in [0.3, 0.4) is 0 Å². The third-order valence-corrected chi connectivity index (χ3v) is 3.90. The van der Waals surface area contributed by atoms with Gasteiger partial charge in [0, 0.05) is 12.2 Å². The lowest BCUT2D eigenvalue weighted by Crippen LogP contribution is -2.23. The van der Waals surface area contributed by atoms with Crippen LogP contribution in [0, 0.1) is 19.8 Å². The average molecular weight is 427 g/mol. The topological polar surface area (TPSA) is 94.0 Å². The highest BCUT2D eigenvalue weighted by molar-refractivity contribution is 14.0. The number of benzene rings is 1. The number of tetrazole rings is 1. The minimum atomic E-state index is 0. The highest BCUT2D eigenvalue weighted by atomic mass is 127. The van der Waals surface area contributed by atoms with Crippen LogP contribution >= 0.6 is 24.0 Å². The van der Waals surface area contributed by atoms with Crippen molar-refractivity contribution in [3.63, 3.8) is 0 Å². The van der Waals surface area contributed by atoms with E-state index in [0.717, 1.165) is 24.0 Å². The fourth-order valence-corrected chi connectivity index (χ4v) is 2.19. The highest BCUT2D eigenvalue weighted by Crippen LogP contribution is 2.30. The van der Waals surface area contributed by atoms with Gasteiger partial charge in [-0.3, -0.25) is 0 Å². The Kier molecular flexibility index (Phi) is 5.91. The van der Waals surface area contributed by atoms with E-state index >= 15 is 0 Å². The molecule has 0 saturated heterocycles.